The molecule has 2 aromatic carbocycles. The first-order chi connectivity index (χ1) is 13.8. The number of benzene rings is 2. The van der Waals surface area contributed by atoms with E-state index < -0.39 is 12.4 Å². The Morgan fingerprint density at radius 1 is 0.897 bits per heavy atom. The van der Waals surface area contributed by atoms with Crippen LogP contribution in [0, 0.1) is 0 Å². The summed E-state index contributed by atoms with van der Waals surface area (Å²) in [7, 11) is 5.47. The van der Waals surface area contributed by atoms with Gasteiger partial charge < -0.3 is 23.7 Å². The lowest BCUT2D eigenvalue weighted by molar-refractivity contribution is -0.0526. The molecule has 0 aliphatic rings. The van der Waals surface area contributed by atoms with Crippen molar-refractivity contribution >= 4 is 23.5 Å². The van der Waals surface area contributed by atoms with Gasteiger partial charge in [0, 0.05) is 6.07 Å². The van der Waals surface area contributed by atoms with Crippen LogP contribution in [0.5, 0.6) is 28.7 Å². The van der Waals surface area contributed by atoms with E-state index in [0.717, 1.165) is 0 Å². The maximum Gasteiger partial charge on any atom is 0.387 e. The van der Waals surface area contributed by atoms with Gasteiger partial charge in [-0.05, 0) is 29.8 Å². The van der Waals surface area contributed by atoms with Gasteiger partial charge in [0.05, 0.1) is 39.0 Å². The van der Waals surface area contributed by atoms with Crippen LogP contribution >= 0.6 is 11.6 Å². The van der Waals surface area contributed by atoms with Crippen molar-refractivity contribution in [3.8, 4) is 28.7 Å². The highest BCUT2D eigenvalue weighted by molar-refractivity contribution is 6.32. The summed E-state index contributed by atoms with van der Waals surface area (Å²) in [4.78, 5) is 12.6. The van der Waals surface area contributed by atoms with Crippen LogP contribution in [0.2, 0.25) is 5.02 Å². The molecule has 0 aromatic heterocycles. The fourth-order valence-corrected chi connectivity index (χ4v) is 2.76. The largest absolute Gasteiger partial charge is 0.496 e. The maximum atomic E-state index is 12.6. The molecule has 0 spiro atoms. The predicted octanol–water partition coefficient (Wildman–Crippen LogP) is 4.87. The van der Waals surface area contributed by atoms with Gasteiger partial charge in [0.25, 0.3) is 0 Å². The molecule has 0 aliphatic heterocycles. The van der Waals surface area contributed by atoms with Gasteiger partial charge >= 0.3 is 6.61 Å². The molecule has 0 fully saturated rings. The Morgan fingerprint density at radius 3 is 1.93 bits per heavy atom. The topological polar surface area (TPSA) is 63.2 Å². The minimum Gasteiger partial charge on any atom is -0.496 e. The number of alkyl halides is 2. The van der Waals surface area contributed by atoms with Crippen LogP contribution in [0.3, 0.4) is 0 Å². The van der Waals surface area contributed by atoms with E-state index in [1.165, 1.54) is 64.9 Å². The summed E-state index contributed by atoms with van der Waals surface area (Å²) in [5.41, 5.74) is 0.693. The second-order valence-corrected chi connectivity index (χ2v) is 5.92. The standard InChI is InChI=1S/C20H19ClF2O6/c1-25-15-10-16(26-2)13(21)9-12(15)14(24)6-5-11-7-17(27-3)19(29-20(22)23)18(8-11)28-4/h5-10,20H,1-4H3/b6-5+. The minimum absolute atomic E-state index is 0.0295. The maximum absolute atomic E-state index is 12.6. The van der Waals surface area contributed by atoms with Crippen LogP contribution in [0.1, 0.15) is 15.9 Å². The molecule has 0 bridgehead atoms. The van der Waals surface area contributed by atoms with Gasteiger partial charge in [0.1, 0.15) is 11.5 Å². The smallest absolute Gasteiger partial charge is 0.387 e. The third kappa shape index (κ3) is 5.29. The molecule has 0 amide bonds. The summed E-state index contributed by atoms with van der Waals surface area (Å²) in [6.45, 7) is -3.05. The summed E-state index contributed by atoms with van der Waals surface area (Å²) in [6.07, 6.45) is 2.75. The number of carbonyl (C=O) groups excluding carboxylic acids is 1. The van der Waals surface area contributed by atoms with Gasteiger partial charge in [-0.2, -0.15) is 8.78 Å². The summed E-state index contributed by atoms with van der Waals surface area (Å²) < 4.78 is 50.2. The third-order valence-corrected chi connectivity index (χ3v) is 4.15. The Hall–Kier alpha value is -3.00. The molecule has 0 heterocycles. The molecule has 9 heteroatoms. The van der Waals surface area contributed by atoms with Gasteiger partial charge in [0.15, 0.2) is 17.3 Å². The number of hydrogen-bond donors (Lipinski definition) is 0. The molecule has 156 valence electrons. The summed E-state index contributed by atoms with van der Waals surface area (Å²) >= 11 is 6.09. The second kappa shape index (κ2) is 9.97. The molecule has 29 heavy (non-hydrogen) atoms. The Kier molecular flexibility index (Phi) is 7.67. The lowest BCUT2D eigenvalue weighted by Gasteiger charge is -2.14. The fraction of sp³-hybridized carbons (Fsp3) is 0.250. The van der Waals surface area contributed by atoms with Crippen LogP contribution in [0.4, 0.5) is 8.78 Å². The Labute approximate surface area is 171 Å². The number of ketones is 1. The van der Waals surface area contributed by atoms with E-state index in [2.05, 4.69) is 4.74 Å². The fourth-order valence-electron chi connectivity index (χ4n) is 2.52. The first-order valence-electron chi connectivity index (χ1n) is 8.19. The quantitative estimate of drug-likeness (QED) is 0.419. The number of rotatable bonds is 9. The second-order valence-electron chi connectivity index (χ2n) is 5.52. The van der Waals surface area contributed by atoms with E-state index in [1.54, 1.807) is 0 Å². The SMILES string of the molecule is COc1cc(OC)c(C(=O)/C=C/c2cc(OC)c(OC(F)F)c(OC)c2)cc1Cl. The van der Waals surface area contributed by atoms with Crippen molar-refractivity contribution < 1.29 is 37.3 Å². The van der Waals surface area contributed by atoms with Crippen molar-refractivity contribution in [2.24, 2.45) is 0 Å². The number of halogens is 3. The van der Waals surface area contributed by atoms with E-state index in [0.29, 0.717) is 11.3 Å². The van der Waals surface area contributed by atoms with E-state index in [4.69, 9.17) is 30.5 Å². The van der Waals surface area contributed by atoms with Gasteiger partial charge in [-0.25, -0.2) is 0 Å². The van der Waals surface area contributed by atoms with E-state index in [9.17, 15) is 13.6 Å². The number of ether oxygens (including phenoxy) is 5. The number of allylic oxidation sites excluding steroid dienone is 1. The summed E-state index contributed by atoms with van der Waals surface area (Å²) in [6, 6.07) is 5.81. The van der Waals surface area contributed by atoms with Crippen LogP contribution in [0.25, 0.3) is 6.08 Å². The monoisotopic (exact) mass is 428 g/mol. The average Bonchev–Trinajstić information content (AvgIpc) is 2.71. The average molecular weight is 429 g/mol. The molecule has 0 unspecified atom stereocenters. The van der Waals surface area contributed by atoms with Crippen molar-refractivity contribution in [1.82, 2.24) is 0 Å². The molecule has 0 N–H and O–H groups in total. The Balaban J connectivity index is 2.39. The van der Waals surface area contributed by atoms with Gasteiger partial charge in [-0.3, -0.25) is 4.79 Å². The number of methoxy groups -OCH3 is 4. The lowest BCUT2D eigenvalue weighted by atomic mass is 10.1. The number of hydrogen-bond acceptors (Lipinski definition) is 6. The molecule has 0 saturated heterocycles. The van der Waals surface area contributed by atoms with Crippen molar-refractivity contribution in [1.29, 1.82) is 0 Å². The Bertz CT molecular complexity index is 889. The highest BCUT2D eigenvalue weighted by atomic mass is 35.5. The normalized spacial score (nSPS) is 10.9. The first-order valence-corrected chi connectivity index (χ1v) is 8.57. The summed E-state index contributed by atoms with van der Waals surface area (Å²) in [5, 5.41) is 0.252. The Morgan fingerprint density at radius 2 is 1.45 bits per heavy atom. The molecule has 0 radical (unpaired) electrons. The molecule has 0 aliphatic carbocycles. The van der Waals surface area contributed by atoms with E-state index >= 15 is 0 Å². The van der Waals surface area contributed by atoms with Crippen molar-refractivity contribution in [3.05, 3.63) is 46.5 Å². The zero-order valence-corrected chi connectivity index (χ0v) is 16.9. The highest BCUT2D eigenvalue weighted by Crippen LogP contribution is 2.40. The molecule has 2 rings (SSSR count). The zero-order valence-electron chi connectivity index (χ0n) is 16.1. The molecule has 0 saturated carbocycles. The number of carbonyl (C=O) groups is 1. The van der Waals surface area contributed by atoms with Crippen LogP contribution in [-0.4, -0.2) is 40.8 Å². The molecular weight excluding hydrogens is 410 g/mol. The van der Waals surface area contributed by atoms with Crippen LogP contribution < -0.4 is 23.7 Å². The van der Waals surface area contributed by atoms with E-state index in [-0.39, 0.29) is 33.6 Å². The molecule has 0 atom stereocenters. The van der Waals surface area contributed by atoms with Crippen molar-refractivity contribution in [2.45, 2.75) is 6.61 Å². The highest BCUT2D eigenvalue weighted by Gasteiger charge is 2.18. The third-order valence-electron chi connectivity index (χ3n) is 3.86. The lowest BCUT2D eigenvalue weighted by Crippen LogP contribution is -2.05. The summed E-state index contributed by atoms with van der Waals surface area (Å²) in [5.74, 6) is 0.0860. The molecular formula is C20H19ClF2O6. The van der Waals surface area contributed by atoms with Crippen molar-refractivity contribution in [3.63, 3.8) is 0 Å². The molecule has 6 nitrogen and oxygen atoms in total. The van der Waals surface area contributed by atoms with Crippen LogP contribution in [0.15, 0.2) is 30.3 Å². The van der Waals surface area contributed by atoms with Gasteiger partial charge in [-0.15, -0.1) is 0 Å². The van der Waals surface area contributed by atoms with Gasteiger partial charge in [-0.1, -0.05) is 17.7 Å². The van der Waals surface area contributed by atoms with Crippen molar-refractivity contribution in [2.75, 3.05) is 28.4 Å². The molecule has 2 aromatic rings. The van der Waals surface area contributed by atoms with E-state index in [1.807, 2.05) is 0 Å². The van der Waals surface area contributed by atoms with Crippen LogP contribution in [-0.2, 0) is 0 Å². The minimum atomic E-state index is -3.05. The van der Waals surface area contributed by atoms with Gasteiger partial charge in [0.2, 0.25) is 5.75 Å². The zero-order chi connectivity index (χ0) is 21.6. The predicted molar refractivity (Wildman–Crippen MR) is 104 cm³/mol. The first kappa shape index (κ1) is 22.3.